The molecule has 5 rings (SSSR count). The summed E-state index contributed by atoms with van der Waals surface area (Å²) >= 11 is 0. The number of hydrogen-bond donors (Lipinski definition) is 1. The lowest BCUT2D eigenvalue weighted by Gasteiger charge is -2.29. The molecule has 1 aromatic heterocycles. The lowest BCUT2D eigenvalue weighted by atomic mass is 10.0. The zero-order valence-corrected chi connectivity index (χ0v) is 15.1. The highest BCUT2D eigenvalue weighted by atomic mass is 16.5. The molecule has 1 N–H and O–H groups in total. The predicted molar refractivity (Wildman–Crippen MR) is 95.6 cm³/mol. The van der Waals surface area contributed by atoms with Crippen molar-refractivity contribution in [2.45, 2.75) is 37.8 Å². The molecule has 3 amide bonds. The molecule has 2 saturated heterocycles. The van der Waals surface area contributed by atoms with E-state index in [1.54, 1.807) is 15.6 Å². The maximum absolute atomic E-state index is 12.9. The first-order valence-electron chi connectivity index (χ1n) is 9.38. The highest BCUT2D eigenvalue weighted by molar-refractivity contribution is 6.05. The number of ether oxygens (including phenoxy) is 1. The minimum atomic E-state index is -0.610. The molecule has 0 bridgehead atoms. The Morgan fingerprint density at radius 2 is 2.07 bits per heavy atom. The zero-order valence-electron chi connectivity index (χ0n) is 15.1. The monoisotopic (exact) mass is 381 g/mol. The number of carbonyl (C=O) groups excluding carboxylic acids is 3. The van der Waals surface area contributed by atoms with Gasteiger partial charge in [0.15, 0.2) is 0 Å². The van der Waals surface area contributed by atoms with Gasteiger partial charge in [0, 0.05) is 31.1 Å². The Bertz CT molecular complexity index is 978. The molecule has 2 atom stereocenters. The van der Waals surface area contributed by atoms with Crippen LogP contribution in [0.25, 0.3) is 5.69 Å². The summed E-state index contributed by atoms with van der Waals surface area (Å²) in [7, 11) is 0. The summed E-state index contributed by atoms with van der Waals surface area (Å²) in [6.45, 7) is 1.76. The second kappa shape index (κ2) is 6.52. The lowest BCUT2D eigenvalue weighted by molar-refractivity contribution is -0.136. The number of imide groups is 1. The molecular weight excluding hydrogens is 362 g/mol. The van der Waals surface area contributed by atoms with Gasteiger partial charge in [-0.15, -0.1) is 5.10 Å². The molecule has 28 heavy (non-hydrogen) atoms. The largest absolute Gasteiger partial charge is 0.381 e. The van der Waals surface area contributed by atoms with Crippen molar-refractivity contribution in [1.82, 2.24) is 25.2 Å². The predicted octanol–water partition coefficient (Wildman–Crippen LogP) is 0.532. The molecule has 3 aliphatic heterocycles. The van der Waals surface area contributed by atoms with Crippen molar-refractivity contribution < 1.29 is 19.1 Å². The van der Waals surface area contributed by atoms with Crippen LogP contribution in [0.4, 0.5) is 0 Å². The molecule has 0 aliphatic carbocycles. The fraction of sp³-hybridized carbons (Fsp3) is 0.421. The quantitative estimate of drug-likeness (QED) is 0.778. The van der Waals surface area contributed by atoms with Gasteiger partial charge in [0.25, 0.3) is 5.91 Å². The third-order valence-electron chi connectivity index (χ3n) is 5.64. The molecule has 9 heteroatoms. The number of rotatable bonds is 3. The maximum atomic E-state index is 12.9. The first-order chi connectivity index (χ1) is 13.6. The van der Waals surface area contributed by atoms with E-state index in [1.165, 1.54) is 0 Å². The zero-order chi connectivity index (χ0) is 19.3. The van der Waals surface area contributed by atoms with Crippen LogP contribution in [0.2, 0.25) is 0 Å². The molecular formula is C19H19N5O4. The van der Waals surface area contributed by atoms with Gasteiger partial charge in [-0.05, 0) is 30.5 Å². The topological polar surface area (TPSA) is 106 Å². The van der Waals surface area contributed by atoms with Gasteiger partial charge in [-0.3, -0.25) is 19.7 Å². The number of nitrogens with zero attached hydrogens (tertiary/aromatic N) is 4. The Morgan fingerprint density at radius 3 is 2.86 bits per heavy atom. The molecule has 9 nitrogen and oxygen atoms in total. The van der Waals surface area contributed by atoms with Crippen molar-refractivity contribution in [1.29, 1.82) is 0 Å². The fourth-order valence-corrected chi connectivity index (χ4v) is 4.04. The minimum Gasteiger partial charge on any atom is -0.381 e. The lowest BCUT2D eigenvalue weighted by Crippen LogP contribution is -2.52. The number of fused-ring (bicyclic) bond motifs is 1. The number of carbonyl (C=O) groups is 3. The van der Waals surface area contributed by atoms with Crippen molar-refractivity contribution in [3.63, 3.8) is 0 Å². The molecule has 4 heterocycles. The van der Waals surface area contributed by atoms with Gasteiger partial charge in [-0.2, -0.15) is 0 Å². The number of hydrogen-bond acceptors (Lipinski definition) is 6. The van der Waals surface area contributed by atoms with Crippen LogP contribution in [0.5, 0.6) is 0 Å². The van der Waals surface area contributed by atoms with Gasteiger partial charge in [-0.25, -0.2) is 4.68 Å². The van der Waals surface area contributed by atoms with Crippen LogP contribution in [0.3, 0.4) is 0 Å². The summed E-state index contributed by atoms with van der Waals surface area (Å²) in [4.78, 5) is 38.0. The molecule has 3 aliphatic rings. The summed E-state index contributed by atoms with van der Waals surface area (Å²) in [5.41, 5.74) is 3.05. The van der Waals surface area contributed by atoms with Crippen molar-refractivity contribution in [3.05, 3.63) is 41.2 Å². The van der Waals surface area contributed by atoms with Crippen LogP contribution >= 0.6 is 0 Å². The third kappa shape index (κ3) is 2.78. The summed E-state index contributed by atoms with van der Waals surface area (Å²) in [6, 6.07) is 4.95. The van der Waals surface area contributed by atoms with Crippen LogP contribution in [-0.2, 0) is 20.9 Å². The van der Waals surface area contributed by atoms with E-state index < -0.39 is 11.9 Å². The molecule has 0 saturated carbocycles. The van der Waals surface area contributed by atoms with Crippen LogP contribution < -0.4 is 5.32 Å². The molecule has 2 aromatic rings. The Morgan fingerprint density at radius 1 is 1.18 bits per heavy atom. The average Bonchev–Trinajstić information content (AvgIpc) is 3.42. The maximum Gasteiger partial charge on any atom is 0.255 e. The van der Waals surface area contributed by atoms with Gasteiger partial charge in [0.2, 0.25) is 11.8 Å². The van der Waals surface area contributed by atoms with Gasteiger partial charge in [0.05, 0.1) is 24.2 Å². The number of aromatic nitrogens is 3. The number of amides is 3. The van der Waals surface area contributed by atoms with Gasteiger partial charge in [-0.1, -0.05) is 11.3 Å². The highest BCUT2D eigenvalue weighted by Gasteiger charge is 2.39. The van der Waals surface area contributed by atoms with Crippen molar-refractivity contribution in [2.75, 3.05) is 13.2 Å². The highest BCUT2D eigenvalue weighted by Crippen LogP contribution is 2.29. The van der Waals surface area contributed by atoms with Crippen LogP contribution in [0, 0.1) is 0 Å². The SMILES string of the molecule is O=C1CCC(N2Cc3ccc(-n4cc(C5CCOC5)nn4)cc3C2=O)C(=O)N1. The summed E-state index contributed by atoms with van der Waals surface area (Å²) in [5, 5.41) is 10.8. The first kappa shape index (κ1) is 17.1. The van der Waals surface area contributed by atoms with E-state index in [-0.39, 0.29) is 24.2 Å². The van der Waals surface area contributed by atoms with E-state index >= 15 is 0 Å². The standard InChI is InChI=1S/C19H19N5O4/c25-17-4-3-16(18(26)20-17)23-8-11-1-2-13(7-14(11)19(23)27)24-9-15(21-22-24)12-5-6-28-10-12/h1-2,7,9,12,16H,3-6,8,10H2,(H,20,25,26). The van der Waals surface area contributed by atoms with E-state index in [1.807, 2.05) is 18.3 Å². The molecule has 1 aromatic carbocycles. The van der Waals surface area contributed by atoms with E-state index in [2.05, 4.69) is 15.6 Å². The van der Waals surface area contributed by atoms with Gasteiger partial charge >= 0.3 is 0 Å². The van der Waals surface area contributed by atoms with E-state index in [0.29, 0.717) is 25.1 Å². The second-order valence-corrected chi connectivity index (χ2v) is 7.39. The van der Waals surface area contributed by atoms with Crippen molar-refractivity contribution in [2.24, 2.45) is 0 Å². The molecule has 2 fully saturated rings. The number of piperidine rings is 1. The summed E-state index contributed by atoms with van der Waals surface area (Å²) in [5.74, 6) is -0.636. The molecule has 2 unspecified atom stereocenters. The van der Waals surface area contributed by atoms with Crippen LogP contribution in [-0.4, -0.2) is 56.9 Å². The number of benzene rings is 1. The first-order valence-corrected chi connectivity index (χ1v) is 9.38. The summed E-state index contributed by atoms with van der Waals surface area (Å²) < 4.78 is 7.07. The van der Waals surface area contributed by atoms with E-state index in [0.717, 1.165) is 30.0 Å². The minimum absolute atomic E-state index is 0.198. The van der Waals surface area contributed by atoms with Crippen molar-refractivity contribution in [3.8, 4) is 5.69 Å². The van der Waals surface area contributed by atoms with Gasteiger partial charge < -0.3 is 9.64 Å². The number of nitrogens with one attached hydrogen (secondary N) is 1. The van der Waals surface area contributed by atoms with Crippen LogP contribution in [0.15, 0.2) is 24.4 Å². The van der Waals surface area contributed by atoms with Gasteiger partial charge in [0.1, 0.15) is 6.04 Å². The Kier molecular flexibility index (Phi) is 3.97. The smallest absolute Gasteiger partial charge is 0.255 e. The second-order valence-electron chi connectivity index (χ2n) is 7.39. The van der Waals surface area contributed by atoms with Crippen LogP contribution in [0.1, 0.15) is 46.8 Å². The Labute approximate surface area is 160 Å². The summed E-state index contributed by atoms with van der Waals surface area (Å²) in [6.07, 6.45) is 3.41. The fourth-order valence-electron chi connectivity index (χ4n) is 4.04. The normalized spacial score (nSPS) is 24.6. The molecule has 0 spiro atoms. The Balaban J connectivity index is 1.39. The molecule has 0 radical (unpaired) electrons. The van der Waals surface area contributed by atoms with E-state index in [9.17, 15) is 14.4 Å². The van der Waals surface area contributed by atoms with Crippen molar-refractivity contribution >= 4 is 17.7 Å². The third-order valence-corrected chi connectivity index (χ3v) is 5.64. The average molecular weight is 381 g/mol. The Hall–Kier alpha value is -3.07. The molecule has 144 valence electrons. The van der Waals surface area contributed by atoms with E-state index in [4.69, 9.17) is 4.74 Å².